The van der Waals surface area contributed by atoms with Crippen molar-refractivity contribution in [1.29, 1.82) is 0 Å². The molecule has 0 spiro atoms. The smallest absolute Gasteiger partial charge is 0.328 e. The van der Waals surface area contributed by atoms with Crippen molar-refractivity contribution in [3.8, 4) is 5.75 Å². The lowest BCUT2D eigenvalue weighted by molar-refractivity contribution is -0.131. The minimum absolute atomic E-state index is 0.197. The maximum atomic E-state index is 10.4. The van der Waals surface area contributed by atoms with Crippen LogP contribution in [0, 0.1) is 0 Å². The highest BCUT2D eigenvalue weighted by molar-refractivity contribution is 9.11. The van der Waals surface area contributed by atoms with Crippen LogP contribution in [0.2, 0.25) is 0 Å². The molecule has 96 valence electrons. The second-order valence-electron chi connectivity index (χ2n) is 3.29. The van der Waals surface area contributed by atoms with E-state index < -0.39 is 5.97 Å². The molecule has 6 heteroatoms. The Bertz CT molecular complexity index is 489. The van der Waals surface area contributed by atoms with Gasteiger partial charge in [0.25, 0.3) is 0 Å². The molecule has 0 atom stereocenters. The van der Waals surface area contributed by atoms with Gasteiger partial charge >= 0.3 is 5.97 Å². The summed E-state index contributed by atoms with van der Waals surface area (Å²) in [6.45, 7) is 3.73. The summed E-state index contributed by atoms with van der Waals surface area (Å²) >= 11 is 12.3. The number of carboxylic acids is 1. The van der Waals surface area contributed by atoms with E-state index in [4.69, 9.17) is 21.4 Å². The second kappa shape index (κ2) is 6.97. The molecule has 0 aliphatic rings. The maximum Gasteiger partial charge on any atom is 0.328 e. The normalized spacial score (nSPS) is 10.6. The Morgan fingerprint density at radius 1 is 1.44 bits per heavy atom. The Kier molecular flexibility index (Phi) is 5.91. The highest BCUT2D eigenvalue weighted by Gasteiger charge is 2.08. The summed E-state index contributed by atoms with van der Waals surface area (Å²) in [7, 11) is 0. The van der Waals surface area contributed by atoms with E-state index in [1.54, 1.807) is 12.1 Å². The molecule has 18 heavy (non-hydrogen) atoms. The molecule has 1 rings (SSSR count). The molecule has 1 N–H and O–H groups in total. The van der Waals surface area contributed by atoms with E-state index in [2.05, 4.69) is 38.4 Å². The van der Waals surface area contributed by atoms with Crippen LogP contribution in [-0.2, 0) is 4.79 Å². The third kappa shape index (κ3) is 4.84. The number of halogens is 3. The van der Waals surface area contributed by atoms with E-state index >= 15 is 0 Å². The standard InChI is InChI=1S/C12H9Br2ClO3/c1-7(15)6-18-12-9(13)4-8(5-10(12)14)2-3-11(16)17/h2-5H,1,6H2,(H,16,17)/b3-2+. The lowest BCUT2D eigenvalue weighted by Gasteiger charge is -2.10. The second-order valence-corrected chi connectivity index (χ2v) is 5.53. The fourth-order valence-electron chi connectivity index (χ4n) is 1.13. The summed E-state index contributed by atoms with van der Waals surface area (Å²) in [6.07, 6.45) is 2.55. The average molecular weight is 396 g/mol. The van der Waals surface area contributed by atoms with Crippen molar-refractivity contribution in [2.75, 3.05) is 6.61 Å². The van der Waals surface area contributed by atoms with Crippen LogP contribution >= 0.6 is 43.5 Å². The quantitative estimate of drug-likeness (QED) is 0.749. The largest absolute Gasteiger partial charge is 0.486 e. The van der Waals surface area contributed by atoms with Gasteiger partial charge in [0.05, 0.1) is 8.95 Å². The van der Waals surface area contributed by atoms with Gasteiger partial charge in [0.2, 0.25) is 0 Å². The van der Waals surface area contributed by atoms with Crippen LogP contribution in [0.5, 0.6) is 5.75 Å². The molecule has 0 heterocycles. The lowest BCUT2D eigenvalue weighted by Crippen LogP contribution is -1.98. The zero-order chi connectivity index (χ0) is 13.7. The molecule has 0 aliphatic carbocycles. The first-order valence-electron chi connectivity index (χ1n) is 4.76. The van der Waals surface area contributed by atoms with Gasteiger partial charge in [0.1, 0.15) is 12.4 Å². The van der Waals surface area contributed by atoms with Crippen molar-refractivity contribution in [2.24, 2.45) is 0 Å². The van der Waals surface area contributed by atoms with Gasteiger partial charge in [-0.15, -0.1) is 0 Å². The number of ether oxygens (including phenoxy) is 1. The maximum absolute atomic E-state index is 10.4. The number of hydrogen-bond donors (Lipinski definition) is 1. The van der Waals surface area contributed by atoms with Crippen LogP contribution < -0.4 is 4.74 Å². The van der Waals surface area contributed by atoms with Crippen LogP contribution in [0.1, 0.15) is 5.56 Å². The van der Waals surface area contributed by atoms with Gasteiger partial charge < -0.3 is 9.84 Å². The molecule has 3 nitrogen and oxygen atoms in total. The number of carbonyl (C=O) groups is 1. The van der Waals surface area contributed by atoms with E-state index in [1.165, 1.54) is 6.08 Å². The van der Waals surface area contributed by atoms with E-state index in [1.807, 2.05) is 0 Å². The van der Waals surface area contributed by atoms with E-state index in [-0.39, 0.29) is 6.61 Å². The summed E-state index contributed by atoms with van der Waals surface area (Å²) < 4.78 is 6.83. The van der Waals surface area contributed by atoms with E-state index in [0.29, 0.717) is 19.7 Å². The Balaban J connectivity index is 2.97. The number of benzene rings is 1. The fourth-order valence-corrected chi connectivity index (χ4v) is 2.64. The number of rotatable bonds is 5. The molecule has 0 unspecified atom stereocenters. The predicted molar refractivity (Wildman–Crippen MR) is 79.0 cm³/mol. The van der Waals surface area contributed by atoms with Crippen molar-refractivity contribution >= 4 is 55.5 Å². The molecular weight excluding hydrogens is 387 g/mol. The first-order valence-corrected chi connectivity index (χ1v) is 6.72. The van der Waals surface area contributed by atoms with Gasteiger partial charge in [-0.05, 0) is 55.6 Å². The van der Waals surface area contributed by atoms with Crippen molar-refractivity contribution in [3.05, 3.63) is 44.3 Å². The number of carboxylic acid groups (broad SMARTS) is 1. The van der Waals surface area contributed by atoms with Crippen LogP contribution in [0.15, 0.2) is 38.8 Å². The topological polar surface area (TPSA) is 46.5 Å². The highest BCUT2D eigenvalue weighted by atomic mass is 79.9. The molecule has 0 aliphatic heterocycles. The average Bonchev–Trinajstić information content (AvgIpc) is 2.24. The van der Waals surface area contributed by atoms with Crippen LogP contribution in [0.4, 0.5) is 0 Å². The summed E-state index contributed by atoms with van der Waals surface area (Å²) in [5.74, 6) is -0.412. The van der Waals surface area contributed by atoms with Crippen molar-refractivity contribution in [2.45, 2.75) is 0 Å². The first-order chi connectivity index (χ1) is 8.40. The van der Waals surface area contributed by atoms with Gasteiger partial charge in [-0.3, -0.25) is 0 Å². The predicted octanol–water partition coefficient (Wildman–Crippen LogP) is 4.44. The Hall–Kier alpha value is -0.780. The van der Waals surface area contributed by atoms with Crippen molar-refractivity contribution in [3.63, 3.8) is 0 Å². The molecule has 0 saturated heterocycles. The summed E-state index contributed by atoms with van der Waals surface area (Å²) in [5.41, 5.74) is 0.730. The van der Waals surface area contributed by atoms with Crippen molar-refractivity contribution < 1.29 is 14.6 Å². The summed E-state index contributed by atoms with van der Waals surface area (Å²) in [6, 6.07) is 3.49. The molecule has 0 aromatic heterocycles. The van der Waals surface area contributed by atoms with Crippen LogP contribution in [-0.4, -0.2) is 17.7 Å². The van der Waals surface area contributed by atoms with E-state index in [0.717, 1.165) is 11.6 Å². The molecule has 0 amide bonds. The Morgan fingerprint density at radius 2 is 2.00 bits per heavy atom. The molecule has 0 bridgehead atoms. The highest BCUT2D eigenvalue weighted by Crippen LogP contribution is 2.35. The Labute approximate surface area is 126 Å². The molecule has 0 fully saturated rings. The molecule has 1 aromatic rings. The summed E-state index contributed by atoms with van der Waals surface area (Å²) in [4.78, 5) is 10.4. The fraction of sp³-hybridized carbons (Fsp3) is 0.0833. The third-order valence-electron chi connectivity index (χ3n) is 1.81. The van der Waals surface area contributed by atoms with Crippen molar-refractivity contribution in [1.82, 2.24) is 0 Å². The van der Waals surface area contributed by atoms with Gasteiger partial charge in [-0.2, -0.15) is 0 Å². The zero-order valence-corrected chi connectivity index (χ0v) is 13.0. The molecule has 0 saturated carbocycles. The number of hydrogen-bond acceptors (Lipinski definition) is 2. The Morgan fingerprint density at radius 3 is 2.44 bits per heavy atom. The minimum atomic E-state index is -0.999. The number of aliphatic carboxylic acids is 1. The SMILES string of the molecule is C=C(Cl)COc1c(Br)cc(/C=C/C(=O)O)cc1Br. The molecule has 1 aromatic carbocycles. The van der Waals surface area contributed by atoms with Gasteiger partial charge in [0, 0.05) is 11.1 Å². The van der Waals surface area contributed by atoms with Gasteiger partial charge in [0.15, 0.2) is 0 Å². The zero-order valence-electron chi connectivity index (χ0n) is 9.12. The van der Waals surface area contributed by atoms with E-state index in [9.17, 15) is 4.79 Å². The summed E-state index contributed by atoms with van der Waals surface area (Å²) in [5, 5.41) is 8.95. The minimum Gasteiger partial charge on any atom is -0.486 e. The van der Waals surface area contributed by atoms with Gasteiger partial charge in [-0.25, -0.2) is 4.79 Å². The molecular formula is C12H9Br2ClO3. The molecule has 0 radical (unpaired) electrons. The third-order valence-corrected chi connectivity index (χ3v) is 3.10. The van der Waals surface area contributed by atoms with Crippen LogP contribution in [0.3, 0.4) is 0 Å². The monoisotopic (exact) mass is 394 g/mol. The van der Waals surface area contributed by atoms with Gasteiger partial charge in [-0.1, -0.05) is 18.2 Å². The first kappa shape index (κ1) is 15.3. The lowest BCUT2D eigenvalue weighted by atomic mass is 10.2. The van der Waals surface area contributed by atoms with Crippen LogP contribution in [0.25, 0.3) is 6.08 Å².